The maximum absolute atomic E-state index is 11.9. The number of hydrogen-bond acceptors (Lipinski definition) is 8. The number of ether oxygens (including phenoxy) is 5. The van der Waals surface area contributed by atoms with Crippen LogP contribution in [0, 0.1) is 0 Å². The van der Waals surface area contributed by atoms with Gasteiger partial charge in [0, 0.05) is 0 Å². The SMILES string of the molecule is CC1(C)O[C@H]2O[C@H](COCc3ccccc3)[C@@](COS(C)(=O)=O)(OCc3ccccc3)[C@H]2O1. The van der Waals surface area contributed by atoms with Gasteiger partial charge in [-0.25, -0.2) is 0 Å². The van der Waals surface area contributed by atoms with Crippen LogP contribution in [0.5, 0.6) is 0 Å². The molecule has 0 bridgehead atoms. The summed E-state index contributed by atoms with van der Waals surface area (Å²) >= 11 is 0. The quantitative estimate of drug-likeness (QED) is 0.482. The molecule has 2 aromatic rings. The van der Waals surface area contributed by atoms with Crippen LogP contribution in [0.3, 0.4) is 0 Å². The number of rotatable bonds is 10. The fourth-order valence-electron chi connectivity index (χ4n) is 4.04. The van der Waals surface area contributed by atoms with Crippen LogP contribution in [0.25, 0.3) is 0 Å². The summed E-state index contributed by atoms with van der Waals surface area (Å²) in [6, 6.07) is 19.3. The van der Waals surface area contributed by atoms with Crippen molar-refractivity contribution in [2.45, 2.75) is 56.9 Å². The molecule has 0 aliphatic carbocycles. The first-order valence-corrected chi connectivity index (χ1v) is 12.6. The molecule has 180 valence electrons. The molecular weight excluding hydrogens is 448 g/mol. The summed E-state index contributed by atoms with van der Waals surface area (Å²) in [5, 5.41) is 0. The van der Waals surface area contributed by atoms with E-state index in [1.807, 2.05) is 60.7 Å². The van der Waals surface area contributed by atoms with Crippen molar-refractivity contribution in [1.82, 2.24) is 0 Å². The molecule has 4 rings (SSSR count). The highest BCUT2D eigenvalue weighted by atomic mass is 32.2. The molecule has 2 heterocycles. The van der Waals surface area contributed by atoms with Crippen molar-refractivity contribution >= 4 is 10.1 Å². The van der Waals surface area contributed by atoms with Crippen molar-refractivity contribution in [2.24, 2.45) is 0 Å². The van der Waals surface area contributed by atoms with E-state index >= 15 is 0 Å². The monoisotopic (exact) mass is 478 g/mol. The fraction of sp³-hybridized carbons (Fsp3) is 0.500. The van der Waals surface area contributed by atoms with E-state index in [2.05, 4.69) is 0 Å². The molecule has 0 N–H and O–H groups in total. The second-order valence-corrected chi connectivity index (χ2v) is 10.4. The van der Waals surface area contributed by atoms with Crippen LogP contribution in [-0.4, -0.2) is 57.8 Å². The standard InChI is InChI=1S/C24H30O8S/c1-23(2)31-21-22(32-23)30-20(16-27-14-18-10-6-4-7-11-18)24(21,17-29-33(3,25)26)28-15-19-12-8-5-9-13-19/h4-13,20-22H,14-17H2,1-3H3/t20-,21+,22-,24-/m1/s1. The van der Waals surface area contributed by atoms with Gasteiger partial charge in [0.15, 0.2) is 17.7 Å². The fourth-order valence-corrected chi connectivity index (χ4v) is 4.44. The van der Waals surface area contributed by atoms with Crippen LogP contribution in [-0.2, 0) is 51.2 Å². The Morgan fingerprint density at radius 3 is 2.12 bits per heavy atom. The van der Waals surface area contributed by atoms with Gasteiger partial charge in [-0.05, 0) is 25.0 Å². The summed E-state index contributed by atoms with van der Waals surface area (Å²) in [6.07, 6.45) is -1.13. The topological polar surface area (TPSA) is 89.5 Å². The molecule has 2 aliphatic heterocycles. The van der Waals surface area contributed by atoms with Crippen LogP contribution < -0.4 is 0 Å². The zero-order valence-corrected chi connectivity index (χ0v) is 19.8. The lowest BCUT2D eigenvalue weighted by Crippen LogP contribution is -2.56. The van der Waals surface area contributed by atoms with Crippen molar-refractivity contribution < 1.29 is 36.3 Å². The highest BCUT2D eigenvalue weighted by Gasteiger charge is 2.65. The Labute approximate surface area is 194 Å². The summed E-state index contributed by atoms with van der Waals surface area (Å²) < 4.78 is 59.6. The van der Waals surface area contributed by atoms with E-state index in [1.54, 1.807) is 13.8 Å². The molecule has 0 unspecified atom stereocenters. The summed E-state index contributed by atoms with van der Waals surface area (Å²) in [6.45, 7) is 3.96. The van der Waals surface area contributed by atoms with Gasteiger partial charge in [-0.15, -0.1) is 0 Å². The van der Waals surface area contributed by atoms with Crippen molar-refractivity contribution in [3.05, 3.63) is 71.8 Å². The minimum Gasteiger partial charge on any atom is -0.374 e. The summed E-state index contributed by atoms with van der Waals surface area (Å²) in [7, 11) is -3.75. The third-order valence-electron chi connectivity index (χ3n) is 5.61. The summed E-state index contributed by atoms with van der Waals surface area (Å²) in [5.41, 5.74) is 0.656. The van der Waals surface area contributed by atoms with E-state index in [4.69, 9.17) is 27.9 Å². The number of fused-ring (bicyclic) bond motifs is 1. The molecule has 0 amide bonds. The van der Waals surface area contributed by atoms with Gasteiger partial charge in [0.2, 0.25) is 0 Å². The van der Waals surface area contributed by atoms with Crippen LogP contribution in [0.2, 0.25) is 0 Å². The first-order valence-electron chi connectivity index (χ1n) is 10.8. The second kappa shape index (κ2) is 9.79. The predicted molar refractivity (Wildman–Crippen MR) is 120 cm³/mol. The van der Waals surface area contributed by atoms with Crippen molar-refractivity contribution in [3.8, 4) is 0 Å². The van der Waals surface area contributed by atoms with Gasteiger partial charge in [0.25, 0.3) is 10.1 Å². The summed E-state index contributed by atoms with van der Waals surface area (Å²) in [5.74, 6) is -0.919. The zero-order chi connectivity index (χ0) is 23.5. The Bertz CT molecular complexity index is 1010. The number of benzene rings is 2. The van der Waals surface area contributed by atoms with E-state index in [1.165, 1.54) is 0 Å². The second-order valence-electron chi connectivity index (χ2n) is 8.75. The molecule has 0 saturated carbocycles. The molecule has 9 heteroatoms. The van der Waals surface area contributed by atoms with Gasteiger partial charge in [0.05, 0.1) is 26.1 Å². The molecule has 2 saturated heterocycles. The molecule has 2 aromatic carbocycles. The maximum Gasteiger partial charge on any atom is 0.264 e. The van der Waals surface area contributed by atoms with Crippen LogP contribution in [0.1, 0.15) is 25.0 Å². The average Bonchev–Trinajstić information content (AvgIpc) is 3.22. The maximum atomic E-state index is 11.9. The first-order chi connectivity index (χ1) is 15.7. The Morgan fingerprint density at radius 1 is 0.909 bits per heavy atom. The van der Waals surface area contributed by atoms with Crippen LogP contribution in [0.15, 0.2) is 60.7 Å². The van der Waals surface area contributed by atoms with E-state index in [9.17, 15) is 8.42 Å². The minimum absolute atomic E-state index is 0.136. The molecule has 0 radical (unpaired) electrons. The molecule has 4 atom stereocenters. The molecule has 0 aromatic heterocycles. The van der Waals surface area contributed by atoms with Crippen molar-refractivity contribution in [2.75, 3.05) is 19.5 Å². The van der Waals surface area contributed by atoms with Crippen LogP contribution >= 0.6 is 0 Å². The summed E-state index contributed by atoms with van der Waals surface area (Å²) in [4.78, 5) is 0. The van der Waals surface area contributed by atoms with Crippen LogP contribution in [0.4, 0.5) is 0 Å². The third-order valence-corrected chi connectivity index (χ3v) is 6.16. The third kappa shape index (κ3) is 5.99. The number of hydrogen-bond donors (Lipinski definition) is 0. The normalized spacial score (nSPS) is 28.6. The first kappa shape index (κ1) is 24.3. The Morgan fingerprint density at radius 2 is 1.52 bits per heavy atom. The smallest absolute Gasteiger partial charge is 0.264 e. The Balaban J connectivity index is 1.58. The molecular formula is C24H30O8S. The molecule has 2 fully saturated rings. The van der Waals surface area contributed by atoms with Gasteiger partial charge in [0.1, 0.15) is 18.8 Å². The lowest BCUT2D eigenvalue weighted by molar-refractivity contribution is -0.249. The van der Waals surface area contributed by atoms with E-state index in [-0.39, 0.29) is 19.8 Å². The van der Waals surface area contributed by atoms with E-state index in [0.717, 1.165) is 17.4 Å². The molecule has 2 aliphatic rings. The Kier molecular flexibility index (Phi) is 7.20. The Hall–Kier alpha value is -1.85. The van der Waals surface area contributed by atoms with Gasteiger partial charge < -0.3 is 23.7 Å². The van der Waals surface area contributed by atoms with Gasteiger partial charge in [-0.1, -0.05) is 60.7 Å². The van der Waals surface area contributed by atoms with E-state index in [0.29, 0.717) is 6.61 Å². The average molecular weight is 479 g/mol. The van der Waals surface area contributed by atoms with Gasteiger partial charge >= 0.3 is 0 Å². The van der Waals surface area contributed by atoms with E-state index < -0.39 is 40.0 Å². The minimum atomic E-state index is -3.75. The lowest BCUT2D eigenvalue weighted by atomic mass is 9.93. The molecule has 33 heavy (non-hydrogen) atoms. The van der Waals surface area contributed by atoms with Crippen molar-refractivity contribution in [1.29, 1.82) is 0 Å². The highest BCUT2D eigenvalue weighted by molar-refractivity contribution is 7.85. The highest BCUT2D eigenvalue weighted by Crippen LogP contribution is 2.46. The lowest BCUT2D eigenvalue weighted by Gasteiger charge is -2.37. The molecule has 8 nitrogen and oxygen atoms in total. The predicted octanol–water partition coefficient (Wildman–Crippen LogP) is 3.01. The van der Waals surface area contributed by atoms with Gasteiger partial charge in [-0.2, -0.15) is 8.42 Å². The molecule has 0 spiro atoms. The van der Waals surface area contributed by atoms with Gasteiger partial charge in [-0.3, -0.25) is 4.18 Å². The van der Waals surface area contributed by atoms with Crippen molar-refractivity contribution in [3.63, 3.8) is 0 Å². The largest absolute Gasteiger partial charge is 0.374 e. The zero-order valence-electron chi connectivity index (χ0n) is 19.0.